The van der Waals surface area contributed by atoms with Gasteiger partial charge in [0.1, 0.15) is 0 Å². The van der Waals surface area contributed by atoms with E-state index in [2.05, 4.69) is 0 Å². The second-order valence-electron chi connectivity index (χ2n) is 2.71. The van der Waals surface area contributed by atoms with Crippen LogP contribution in [0, 0.1) is 0 Å². The monoisotopic (exact) mass is 184 g/mol. The SMILES string of the molecule is NC[C@@H](N)c1ccc(O)c(O)c1O. The molecule has 0 aliphatic carbocycles. The van der Waals surface area contributed by atoms with Crippen molar-refractivity contribution in [3.63, 3.8) is 0 Å². The van der Waals surface area contributed by atoms with E-state index in [4.69, 9.17) is 21.7 Å². The number of phenols is 3. The maximum atomic E-state index is 9.33. The van der Waals surface area contributed by atoms with Crippen LogP contribution < -0.4 is 11.5 Å². The number of benzene rings is 1. The van der Waals surface area contributed by atoms with Gasteiger partial charge in [-0.1, -0.05) is 0 Å². The number of aromatic hydroxyl groups is 3. The number of hydrogen-bond acceptors (Lipinski definition) is 5. The highest BCUT2D eigenvalue weighted by molar-refractivity contribution is 5.54. The molecule has 0 bridgehead atoms. The molecule has 5 heteroatoms. The van der Waals surface area contributed by atoms with Crippen LogP contribution in [0.4, 0.5) is 0 Å². The largest absolute Gasteiger partial charge is 0.504 e. The van der Waals surface area contributed by atoms with Gasteiger partial charge in [0, 0.05) is 18.2 Å². The van der Waals surface area contributed by atoms with Crippen molar-refractivity contribution in [2.45, 2.75) is 6.04 Å². The highest BCUT2D eigenvalue weighted by atomic mass is 16.3. The van der Waals surface area contributed by atoms with Crippen molar-refractivity contribution in [1.29, 1.82) is 0 Å². The standard InChI is InChI=1S/C8H12N2O3/c9-3-5(10)4-1-2-6(11)8(13)7(4)12/h1-2,5,11-13H,3,9-10H2/t5-/m1/s1. The van der Waals surface area contributed by atoms with Gasteiger partial charge in [-0.2, -0.15) is 0 Å². The third-order valence-electron chi connectivity index (χ3n) is 1.81. The summed E-state index contributed by atoms with van der Waals surface area (Å²) in [6, 6.07) is 2.12. The second-order valence-corrected chi connectivity index (χ2v) is 2.71. The molecule has 1 atom stereocenters. The van der Waals surface area contributed by atoms with Gasteiger partial charge in [-0.05, 0) is 12.1 Å². The Morgan fingerprint density at radius 1 is 1.15 bits per heavy atom. The molecular formula is C8H12N2O3. The first kappa shape index (κ1) is 9.63. The predicted octanol–water partition coefficient (Wildman–Crippen LogP) is -0.238. The first-order valence-electron chi connectivity index (χ1n) is 3.77. The molecule has 0 radical (unpaired) electrons. The van der Waals surface area contributed by atoms with Crippen LogP contribution in [0.5, 0.6) is 17.2 Å². The van der Waals surface area contributed by atoms with Crippen LogP contribution in [0.1, 0.15) is 11.6 Å². The summed E-state index contributed by atoms with van der Waals surface area (Å²) in [5.41, 5.74) is 11.1. The Morgan fingerprint density at radius 2 is 1.77 bits per heavy atom. The summed E-state index contributed by atoms with van der Waals surface area (Å²) in [7, 11) is 0. The summed E-state index contributed by atoms with van der Waals surface area (Å²) >= 11 is 0. The van der Waals surface area contributed by atoms with Gasteiger partial charge in [0.05, 0.1) is 0 Å². The summed E-state index contributed by atoms with van der Waals surface area (Å²) in [4.78, 5) is 0. The third-order valence-corrected chi connectivity index (χ3v) is 1.81. The maximum absolute atomic E-state index is 9.33. The lowest BCUT2D eigenvalue weighted by Gasteiger charge is -2.12. The fourth-order valence-electron chi connectivity index (χ4n) is 1.01. The minimum absolute atomic E-state index is 0.151. The van der Waals surface area contributed by atoms with Crippen molar-refractivity contribution in [3.8, 4) is 17.2 Å². The molecule has 0 unspecified atom stereocenters. The minimum atomic E-state index is -0.568. The topological polar surface area (TPSA) is 113 Å². The van der Waals surface area contributed by atoms with Crippen LogP contribution in [0.2, 0.25) is 0 Å². The Labute approximate surface area is 75.2 Å². The number of hydrogen-bond donors (Lipinski definition) is 5. The Kier molecular flexibility index (Phi) is 2.60. The number of rotatable bonds is 2. The normalized spacial score (nSPS) is 12.8. The van der Waals surface area contributed by atoms with Crippen LogP contribution in [-0.2, 0) is 0 Å². The van der Waals surface area contributed by atoms with Crippen LogP contribution in [0.15, 0.2) is 12.1 Å². The molecular weight excluding hydrogens is 172 g/mol. The van der Waals surface area contributed by atoms with Crippen molar-refractivity contribution < 1.29 is 15.3 Å². The average molecular weight is 184 g/mol. The molecule has 0 heterocycles. The van der Waals surface area contributed by atoms with Gasteiger partial charge in [0.2, 0.25) is 5.75 Å². The third kappa shape index (κ3) is 1.66. The first-order valence-corrected chi connectivity index (χ1v) is 3.77. The number of phenolic OH excluding ortho intramolecular Hbond substituents is 3. The molecule has 1 rings (SSSR count). The zero-order valence-corrected chi connectivity index (χ0v) is 6.94. The van der Waals surface area contributed by atoms with Crippen molar-refractivity contribution in [3.05, 3.63) is 17.7 Å². The van der Waals surface area contributed by atoms with Gasteiger partial charge in [-0.3, -0.25) is 0 Å². The molecule has 0 amide bonds. The van der Waals surface area contributed by atoms with E-state index in [0.29, 0.717) is 5.56 Å². The summed E-state index contributed by atoms with van der Waals surface area (Å²) in [5, 5.41) is 27.5. The fraction of sp³-hybridized carbons (Fsp3) is 0.250. The van der Waals surface area contributed by atoms with Crippen LogP contribution >= 0.6 is 0 Å². The van der Waals surface area contributed by atoms with Gasteiger partial charge in [0.25, 0.3) is 0 Å². The summed E-state index contributed by atoms with van der Waals surface area (Å²) in [5.74, 6) is -1.37. The Bertz CT molecular complexity index is 315. The average Bonchev–Trinajstić information content (AvgIpc) is 2.13. The Balaban J connectivity index is 3.18. The molecule has 0 saturated carbocycles. The maximum Gasteiger partial charge on any atom is 0.200 e. The van der Waals surface area contributed by atoms with Crippen molar-refractivity contribution in [1.82, 2.24) is 0 Å². The molecule has 0 spiro atoms. The van der Waals surface area contributed by atoms with Gasteiger partial charge in [-0.15, -0.1) is 0 Å². The highest BCUT2D eigenvalue weighted by Gasteiger charge is 2.14. The van der Waals surface area contributed by atoms with Gasteiger partial charge < -0.3 is 26.8 Å². The van der Waals surface area contributed by atoms with Gasteiger partial charge in [-0.25, -0.2) is 0 Å². The van der Waals surface area contributed by atoms with Gasteiger partial charge >= 0.3 is 0 Å². The Morgan fingerprint density at radius 3 is 2.31 bits per heavy atom. The van der Waals surface area contributed by atoms with Crippen LogP contribution in [0.3, 0.4) is 0 Å². The molecule has 72 valence electrons. The Hall–Kier alpha value is -1.46. The first-order chi connectivity index (χ1) is 6.07. The zero-order valence-electron chi connectivity index (χ0n) is 6.94. The van der Waals surface area contributed by atoms with E-state index in [1.165, 1.54) is 12.1 Å². The lowest BCUT2D eigenvalue weighted by Crippen LogP contribution is -2.20. The lowest BCUT2D eigenvalue weighted by atomic mass is 10.1. The van der Waals surface area contributed by atoms with E-state index < -0.39 is 17.5 Å². The quantitative estimate of drug-likeness (QED) is 0.407. The summed E-state index contributed by atoms with van der Waals surface area (Å²) in [6.45, 7) is 0.151. The van der Waals surface area contributed by atoms with Crippen LogP contribution in [0.25, 0.3) is 0 Å². The molecule has 0 aliphatic heterocycles. The molecule has 13 heavy (non-hydrogen) atoms. The summed E-state index contributed by atoms with van der Waals surface area (Å²) in [6.07, 6.45) is 0. The molecule has 1 aromatic carbocycles. The molecule has 0 saturated heterocycles. The smallest absolute Gasteiger partial charge is 0.200 e. The molecule has 7 N–H and O–H groups in total. The van der Waals surface area contributed by atoms with Crippen molar-refractivity contribution in [2.24, 2.45) is 11.5 Å². The molecule has 0 fully saturated rings. The minimum Gasteiger partial charge on any atom is -0.504 e. The lowest BCUT2D eigenvalue weighted by molar-refractivity contribution is 0.363. The number of nitrogens with two attached hydrogens (primary N) is 2. The van der Waals surface area contributed by atoms with E-state index >= 15 is 0 Å². The molecule has 1 aromatic rings. The zero-order chi connectivity index (χ0) is 10.0. The highest BCUT2D eigenvalue weighted by Crippen LogP contribution is 2.38. The van der Waals surface area contributed by atoms with Gasteiger partial charge in [0.15, 0.2) is 11.5 Å². The van der Waals surface area contributed by atoms with Crippen LogP contribution in [-0.4, -0.2) is 21.9 Å². The molecule has 5 nitrogen and oxygen atoms in total. The fourth-order valence-corrected chi connectivity index (χ4v) is 1.01. The predicted molar refractivity (Wildman–Crippen MR) is 47.4 cm³/mol. The summed E-state index contributed by atoms with van der Waals surface area (Å²) < 4.78 is 0. The van der Waals surface area contributed by atoms with E-state index in [-0.39, 0.29) is 12.3 Å². The second kappa shape index (κ2) is 3.51. The molecule has 0 aromatic heterocycles. The molecule has 0 aliphatic rings. The van der Waals surface area contributed by atoms with Crippen molar-refractivity contribution in [2.75, 3.05) is 6.54 Å². The van der Waals surface area contributed by atoms with Crippen molar-refractivity contribution >= 4 is 0 Å². The van der Waals surface area contributed by atoms with E-state index in [1.54, 1.807) is 0 Å². The van der Waals surface area contributed by atoms with E-state index in [1.807, 2.05) is 0 Å². The van der Waals surface area contributed by atoms with E-state index in [9.17, 15) is 5.11 Å². The van der Waals surface area contributed by atoms with E-state index in [0.717, 1.165) is 0 Å².